The molecule has 3 aliphatic heterocycles. The Balaban J connectivity index is 1.96. The molecule has 0 spiro atoms. The van der Waals surface area contributed by atoms with Gasteiger partial charge in [-0.2, -0.15) is 0 Å². The topological polar surface area (TPSA) is 35.5 Å². The summed E-state index contributed by atoms with van der Waals surface area (Å²) in [5.74, 6) is 0. The molecule has 3 rings (SSSR count). The van der Waals surface area contributed by atoms with E-state index in [1.807, 2.05) is 0 Å². The first-order valence-electron chi connectivity index (χ1n) is 6.00. The normalized spacial score (nSPS) is 48.6. The molecule has 3 nitrogen and oxygen atoms in total. The molecule has 3 saturated heterocycles. The van der Waals surface area contributed by atoms with Crippen molar-refractivity contribution in [1.82, 2.24) is 10.2 Å². The van der Waals surface area contributed by atoms with Gasteiger partial charge in [0.15, 0.2) is 0 Å². The highest BCUT2D eigenvalue weighted by Gasteiger charge is 2.53. The van der Waals surface area contributed by atoms with Crippen LogP contribution < -0.4 is 5.32 Å². The van der Waals surface area contributed by atoms with Gasteiger partial charge in [-0.15, -0.1) is 0 Å². The van der Waals surface area contributed by atoms with Gasteiger partial charge in [0.1, 0.15) is 5.72 Å². The summed E-state index contributed by atoms with van der Waals surface area (Å²) in [6.07, 6.45) is 7.97. The molecule has 3 heterocycles. The zero-order valence-corrected chi connectivity index (χ0v) is 8.76. The lowest BCUT2D eigenvalue weighted by Gasteiger charge is -2.61. The van der Waals surface area contributed by atoms with Crippen LogP contribution in [-0.4, -0.2) is 34.5 Å². The van der Waals surface area contributed by atoms with Crippen molar-refractivity contribution in [2.45, 2.75) is 56.3 Å². The van der Waals surface area contributed by atoms with E-state index >= 15 is 0 Å². The van der Waals surface area contributed by atoms with Crippen LogP contribution in [0.15, 0.2) is 0 Å². The predicted molar refractivity (Wildman–Crippen MR) is 54.7 cm³/mol. The molecule has 3 heteroatoms. The SMILES string of the molecule is OC12CCCC3(CCC1)NCCCN23. The Morgan fingerprint density at radius 1 is 1.00 bits per heavy atom. The van der Waals surface area contributed by atoms with E-state index in [2.05, 4.69) is 10.2 Å². The predicted octanol–water partition coefficient (Wildman–Crippen LogP) is 1.03. The molecule has 3 aliphatic rings. The second-order valence-electron chi connectivity index (χ2n) is 5.15. The van der Waals surface area contributed by atoms with E-state index in [-0.39, 0.29) is 5.66 Å². The smallest absolute Gasteiger partial charge is 0.119 e. The maximum Gasteiger partial charge on any atom is 0.119 e. The molecule has 2 N–H and O–H groups in total. The maximum atomic E-state index is 10.6. The van der Waals surface area contributed by atoms with E-state index in [0.29, 0.717) is 0 Å². The van der Waals surface area contributed by atoms with Crippen molar-refractivity contribution in [2.24, 2.45) is 0 Å². The second kappa shape index (κ2) is 2.94. The molecule has 2 bridgehead atoms. The van der Waals surface area contributed by atoms with Crippen LogP contribution in [0.4, 0.5) is 0 Å². The molecular weight excluding hydrogens is 176 g/mol. The first kappa shape index (κ1) is 9.13. The number of hydrogen-bond acceptors (Lipinski definition) is 3. The zero-order chi connectivity index (χ0) is 9.65. The van der Waals surface area contributed by atoms with Gasteiger partial charge < -0.3 is 5.11 Å². The third-order valence-corrected chi connectivity index (χ3v) is 4.37. The van der Waals surface area contributed by atoms with E-state index in [4.69, 9.17) is 0 Å². The summed E-state index contributed by atoms with van der Waals surface area (Å²) in [4.78, 5) is 2.37. The highest BCUT2D eigenvalue weighted by molar-refractivity contribution is 5.04. The number of nitrogens with zero attached hydrogens (tertiary/aromatic N) is 1. The second-order valence-corrected chi connectivity index (χ2v) is 5.15. The number of piperidine rings is 2. The molecule has 0 amide bonds. The van der Waals surface area contributed by atoms with Gasteiger partial charge in [0.25, 0.3) is 0 Å². The van der Waals surface area contributed by atoms with Crippen molar-refractivity contribution in [3.63, 3.8) is 0 Å². The van der Waals surface area contributed by atoms with E-state index in [9.17, 15) is 5.11 Å². The van der Waals surface area contributed by atoms with Crippen molar-refractivity contribution in [3.8, 4) is 0 Å². The Kier molecular flexibility index (Phi) is 1.92. The summed E-state index contributed by atoms with van der Waals surface area (Å²) in [6.45, 7) is 2.22. The van der Waals surface area contributed by atoms with Gasteiger partial charge in [0.2, 0.25) is 0 Å². The minimum Gasteiger partial charge on any atom is -0.376 e. The molecule has 3 fully saturated rings. The molecule has 14 heavy (non-hydrogen) atoms. The first-order chi connectivity index (χ1) is 6.75. The molecule has 0 aliphatic carbocycles. The quantitative estimate of drug-likeness (QED) is 0.607. The molecule has 80 valence electrons. The van der Waals surface area contributed by atoms with Crippen LogP contribution in [0.2, 0.25) is 0 Å². The summed E-state index contributed by atoms with van der Waals surface area (Å²) in [5.41, 5.74) is -0.298. The monoisotopic (exact) mass is 196 g/mol. The molecule has 0 aromatic rings. The first-order valence-corrected chi connectivity index (χ1v) is 6.00. The minimum absolute atomic E-state index is 0.170. The fourth-order valence-electron chi connectivity index (χ4n) is 3.77. The average Bonchev–Trinajstić information content (AvgIpc) is 2.17. The molecule has 0 radical (unpaired) electrons. The molecule has 0 unspecified atom stereocenters. The van der Waals surface area contributed by atoms with E-state index < -0.39 is 5.72 Å². The fraction of sp³-hybridized carbons (Fsp3) is 1.00. The van der Waals surface area contributed by atoms with Crippen molar-refractivity contribution in [3.05, 3.63) is 0 Å². The van der Waals surface area contributed by atoms with Gasteiger partial charge in [-0.05, 0) is 51.5 Å². The van der Waals surface area contributed by atoms with Gasteiger partial charge in [-0.1, -0.05) is 0 Å². The Morgan fingerprint density at radius 2 is 1.71 bits per heavy atom. The van der Waals surface area contributed by atoms with Crippen molar-refractivity contribution < 1.29 is 5.11 Å². The highest BCUT2D eigenvalue weighted by Crippen LogP contribution is 2.46. The zero-order valence-electron chi connectivity index (χ0n) is 8.76. The van der Waals surface area contributed by atoms with Crippen LogP contribution in [0.3, 0.4) is 0 Å². The summed E-state index contributed by atoms with van der Waals surface area (Å²) >= 11 is 0. The van der Waals surface area contributed by atoms with Gasteiger partial charge in [0, 0.05) is 6.54 Å². The third kappa shape index (κ3) is 1.09. The Hall–Kier alpha value is -0.120. The van der Waals surface area contributed by atoms with Crippen LogP contribution >= 0.6 is 0 Å². The van der Waals surface area contributed by atoms with Gasteiger partial charge >= 0.3 is 0 Å². The lowest BCUT2D eigenvalue weighted by Crippen LogP contribution is -2.74. The van der Waals surface area contributed by atoms with Gasteiger partial charge in [0.05, 0.1) is 5.66 Å². The van der Waals surface area contributed by atoms with Gasteiger partial charge in [-0.25, -0.2) is 0 Å². The van der Waals surface area contributed by atoms with Crippen LogP contribution in [-0.2, 0) is 0 Å². The Morgan fingerprint density at radius 3 is 2.36 bits per heavy atom. The van der Waals surface area contributed by atoms with Crippen LogP contribution in [0.5, 0.6) is 0 Å². The summed E-state index contributed by atoms with van der Waals surface area (Å²) in [7, 11) is 0. The third-order valence-electron chi connectivity index (χ3n) is 4.37. The Bertz CT molecular complexity index is 226. The van der Waals surface area contributed by atoms with Crippen molar-refractivity contribution in [1.29, 1.82) is 0 Å². The molecule has 0 atom stereocenters. The minimum atomic E-state index is -0.468. The average molecular weight is 196 g/mol. The lowest BCUT2D eigenvalue weighted by atomic mass is 9.76. The van der Waals surface area contributed by atoms with Crippen LogP contribution in [0.25, 0.3) is 0 Å². The summed E-state index contributed by atoms with van der Waals surface area (Å²) < 4.78 is 0. The van der Waals surface area contributed by atoms with E-state index in [0.717, 1.165) is 25.9 Å². The largest absolute Gasteiger partial charge is 0.376 e. The van der Waals surface area contributed by atoms with Crippen LogP contribution in [0.1, 0.15) is 44.9 Å². The highest BCUT2D eigenvalue weighted by atomic mass is 16.3. The maximum absolute atomic E-state index is 10.6. The summed E-state index contributed by atoms with van der Waals surface area (Å²) in [5, 5.41) is 14.2. The van der Waals surface area contributed by atoms with Crippen molar-refractivity contribution >= 4 is 0 Å². The standard InChI is InChI=1S/C11H20N2O/c14-11-6-1-4-10(5-2-7-11)12-8-3-9-13(10)11/h12,14H,1-9H2. The number of rotatable bonds is 0. The van der Waals surface area contributed by atoms with Crippen LogP contribution in [0, 0.1) is 0 Å². The number of hydrogen-bond donors (Lipinski definition) is 2. The van der Waals surface area contributed by atoms with Gasteiger partial charge in [-0.3, -0.25) is 10.2 Å². The number of nitrogens with one attached hydrogen (secondary N) is 1. The molecule has 0 saturated carbocycles. The van der Waals surface area contributed by atoms with E-state index in [1.54, 1.807) is 0 Å². The number of aliphatic hydroxyl groups is 1. The molecule has 0 aromatic carbocycles. The van der Waals surface area contributed by atoms with E-state index in [1.165, 1.54) is 32.1 Å². The van der Waals surface area contributed by atoms with Crippen molar-refractivity contribution in [2.75, 3.05) is 13.1 Å². The Labute approximate surface area is 85.5 Å². The fourth-order valence-corrected chi connectivity index (χ4v) is 3.77. The molecule has 0 aromatic heterocycles. The lowest BCUT2D eigenvalue weighted by molar-refractivity contribution is -0.233. The molecular formula is C11H20N2O. The summed E-state index contributed by atoms with van der Waals surface area (Å²) in [6, 6.07) is 0.